The lowest BCUT2D eigenvalue weighted by Crippen LogP contribution is -2.27. The number of nitrogens with zero attached hydrogens (tertiary/aromatic N) is 1. The van der Waals surface area contributed by atoms with E-state index in [0.717, 1.165) is 37.4 Å². The summed E-state index contributed by atoms with van der Waals surface area (Å²) in [5.74, 6) is -0.306. The molecule has 1 aromatic heterocycles. The molecule has 1 unspecified atom stereocenters. The minimum Gasteiger partial charge on any atom is -0.462 e. The second-order valence-electron chi connectivity index (χ2n) is 5.07. The number of hydrogen-bond acceptors (Lipinski definition) is 5. The van der Waals surface area contributed by atoms with Crippen molar-refractivity contribution in [2.45, 2.75) is 46.1 Å². The monoisotopic (exact) mass is 313 g/mol. The Hall–Kier alpha value is -0.910. The summed E-state index contributed by atoms with van der Waals surface area (Å²) in [6, 6.07) is 3.56. The Labute approximate surface area is 131 Å². The standard InChI is InChI=1S/C16H27NO3S/c1-4-10-17(11-5-2)12-9-13(18)14-7-8-15(21-14)16(19)20-6-3/h7-8,13,18H,4-6,9-12H2,1-3H3. The number of aliphatic hydroxyl groups is 1. The van der Waals surface area contributed by atoms with E-state index in [-0.39, 0.29) is 5.97 Å². The highest BCUT2D eigenvalue weighted by atomic mass is 32.1. The van der Waals surface area contributed by atoms with Gasteiger partial charge < -0.3 is 14.7 Å². The molecule has 0 amide bonds. The molecule has 0 saturated heterocycles. The van der Waals surface area contributed by atoms with Crippen LogP contribution in [0.25, 0.3) is 0 Å². The van der Waals surface area contributed by atoms with Crippen molar-refractivity contribution in [1.29, 1.82) is 0 Å². The molecule has 21 heavy (non-hydrogen) atoms. The summed E-state index contributed by atoms with van der Waals surface area (Å²) >= 11 is 1.32. The van der Waals surface area contributed by atoms with Crippen molar-refractivity contribution in [2.75, 3.05) is 26.2 Å². The smallest absolute Gasteiger partial charge is 0.348 e. The van der Waals surface area contributed by atoms with Crippen LogP contribution in [0.1, 0.15) is 60.7 Å². The molecule has 5 heteroatoms. The van der Waals surface area contributed by atoms with Crippen LogP contribution >= 0.6 is 11.3 Å². The van der Waals surface area contributed by atoms with E-state index < -0.39 is 6.10 Å². The molecule has 1 heterocycles. The van der Waals surface area contributed by atoms with Gasteiger partial charge in [0.2, 0.25) is 0 Å². The van der Waals surface area contributed by atoms with Gasteiger partial charge in [-0.25, -0.2) is 4.79 Å². The molecule has 0 bridgehead atoms. The number of hydrogen-bond donors (Lipinski definition) is 1. The Bertz CT molecular complexity index is 413. The molecule has 1 atom stereocenters. The Kier molecular flexibility index (Phi) is 8.57. The van der Waals surface area contributed by atoms with Gasteiger partial charge >= 0.3 is 5.97 Å². The minimum absolute atomic E-state index is 0.306. The third-order valence-electron chi connectivity index (χ3n) is 3.23. The summed E-state index contributed by atoms with van der Waals surface area (Å²) in [7, 11) is 0. The second-order valence-corrected chi connectivity index (χ2v) is 6.18. The summed E-state index contributed by atoms with van der Waals surface area (Å²) in [6.07, 6.45) is 2.45. The van der Waals surface area contributed by atoms with E-state index in [0.29, 0.717) is 17.9 Å². The maximum absolute atomic E-state index is 11.6. The lowest BCUT2D eigenvalue weighted by atomic mass is 10.2. The van der Waals surface area contributed by atoms with Crippen LogP contribution in [0.2, 0.25) is 0 Å². The average molecular weight is 313 g/mol. The van der Waals surface area contributed by atoms with Crippen molar-refractivity contribution in [3.8, 4) is 0 Å². The molecule has 0 saturated carbocycles. The summed E-state index contributed by atoms with van der Waals surface area (Å²) in [4.78, 5) is 15.4. The molecule has 0 spiro atoms. The van der Waals surface area contributed by atoms with Crippen LogP contribution in [0.4, 0.5) is 0 Å². The fourth-order valence-electron chi connectivity index (χ4n) is 2.26. The molecule has 1 aromatic rings. The average Bonchev–Trinajstić information content (AvgIpc) is 2.95. The number of aliphatic hydroxyl groups excluding tert-OH is 1. The molecule has 0 aliphatic carbocycles. The van der Waals surface area contributed by atoms with Crippen LogP contribution in [-0.4, -0.2) is 42.2 Å². The summed E-state index contributed by atoms with van der Waals surface area (Å²) in [6.45, 7) is 9.52. The third kappa shape index (κ3) is 6.16. The third-order valence-corrected chi connectivity index (χ3v) is 4.40. The first-order chi connectivity index (χ1) is 10.1. The Morgan fingerprint density at radius 3 is 2.48 bits per heavy atom. The van der Waals surface area contributed by atoms with E-state index in [4.69, 9.17) is 4.74 Å². The van der Waals surface area contributed by atoms with Gasteiger partial charge in [0.15, 0.2) is 0 Å². The minimum atomic E-state index is -0.505. The fourth-order valence-corrected chi connectivity index (χ4v) is 3.18. The van der Waals surface area contributed by atoms with Crippen LogP contribution in [0, 0.1) is 0 Å². The zero-order valence-electron chi connectivity index (χ0n) is 13.3. The van der Waals surface area contributed by atoms with Crippen molar-refractivity contribution in [3.05, 3.63) is 21.9 Å². The first-order valence-corrected chi connectivity index (χ1v) is 8.61. The van der Waals surface area contributed by atoms with Crippen LogP contribution in [0.3, 0.4) is 0 Å². The Morgan fingerprint density at radius 2 is 1.90 bits per heavy atom. The lowest BCUT2D eigenvalue weighted by molar-refractivity contribution is 0.0532. The van der Waals surface area contributed by atoms with Gasteiger partial charge in [0, 0.05) is 11.4 Å². The van der Waals surface area contributed by atoms with E-state index in [9.17, 15) is 9.90 Å². The van der Waals surface area contributed by atoms with Gasteiger partial charge in [0.25, 0.3) is 0 Å². The van der Waals surface area contributed by atoms with Gasteiger partial charge in [-0.3, -0.25) is 0 Å². The quantitative estimate of drug-likeness (QED) is 0.672. The van der Waals surface area contributed by atoms with Gasteiger partial charge in [-0.15, -0.1) is 11.3 Å². The fraction of sp³-hybridized carbons (Fsp3) is 0.688. The molecule has 0 aliphatic heterocycles. The normalized spacial score (nSPS) is 12.6. The predicted octanol–water partition coefficient (Wildman–Crippen LogP) is 3.47. The maximum Gasteiger partial charge on any atom is 0.348 e. The molecule has 120 valence electrons. The van der Waals surface area contributed by atoms with Crippen LogP contribution in [0.15, 0.2) is 12.1 Å². The first-order valence-electron chi connectivity index (χ1n) is 7.79. The number of thiophene rings is 1. The number of carbonyl (C=O) groups excluding carboxylic acids is 1. The molecule has 0 aliphatic rings. The number of ether oxygens (including phenoxy) is 1. The second kappa shape index (κ2) is 9.92. The lowest BCUT2D eigenvalue weighted by Gasteiger charge is -2.22. The number of rotatable bonds is 10. The van der Waals surface area contributed by atoms with Crippen molar-refractivity contribution in [1.82, 2.24) is 4.90 Å². The predicted molar refractivity (Wildman–Crippen MR) is 86.9 cm³/mol. The highest BCUT2D eigenvalue weighted by Crippen LogP contribution is 2.26. The van der Waals surface area contributed by atoms with Crippen molar-refractivity contribution in [2.24, 2.45) is 0 Å². The van der Waals surface area contributed by atoms with Gasteiger partial charge in [0.1, 0.15) is 4.88 Å². The summed E-state index contributed by atoms with van der Waals surface area (Å²) < 4.78 is 4.96. The van der Waals surface area contributed by atoms with Crippen molar-refractivity contribution >= 4 is 17.3 Å². The molecule has 0 fully saturated rings. The number of carbonyl (C=O) groups is 1. The molecule has 1 rings (SSSR count). The highest BCUT2D eigenvalue weighted by molar-refractivity contribution is 7.14. The van der Waals surface area contributed by atoms with Crippen LogP contribution in [-0.2, 0) is 4.74 Å². The van der Waals surface area contributed by atoms with E-state index in [1.165, 1.54) is 11.3 Å². The zero-order chi connectivity index (χ0) is 15.7. The number of esters is 1. The van der Waals surface area contributed by atoms with E-state index in [1.807, 2.05) is 6.07 Å². The highest BCUT2D eigenvalue weighted by Gasteiger charge is 2.16. The van der Waals surface area contributed by atoms with Crippen molar-refractivity contribution < 1.29 is 14.6 Å². The maximum atomic E-state index is 11.6. The molecule has 0 aromatic carbocycles. The summed E-state index contributed by atoms with van der Waals surface area (Å²) in [5.41, 5.74) is 0. The first kappa shape index (κ1) is 18.1. The van der Waals surface area contributed by atoms with Gasteiger partial charge in [0.05, 0.1) is 12.7 Å². The largest absolute Gasteiger partial charge is 0.462 e. The zero-order valence-corrected chi connectivity index (χ0v) is 14.1. The Morgan fingerprint density at radius 1 is 1.24 bits per heavy atom. The van der Waals surface area contributed by atoms with Gasteiger partial charge in [-0.1, -0.05) is 13.8 Å². The molecule has 4 nitrogen and oxygen atoms in total. The molecular formula is C16H27NO3S. The summed E-state index contributed by atoms with van der Waals surface area (Å²) in [5, 5.41) is 10.3. The molecule has 1 N–H and O–H groups in total. The van der Waals surface area contributed by atoms with Crippen LogP contribution < -0.4 is 0 Å². The topological polar surface area (TPSA) is 49.8 Å². The molecule has 0 radical (unpaired) electrons. The SMILES string of the molecule is CCCN(CCC)CCC(O)c1ccc(C(=O)OCC)s1. The Balaban J connectivity index is 2.51. The van der Waals surface area contributed by atoms with E-state index in [2.05, 4.69) is 18.7 Å². The van der Waals surface area contributed by atoms with Gasteiger partial charge in [-0.2, -0.15) is 0 Å². The molecular weight excluding hydrogens is 286 g/mol. The van der Waals surface area contributed by atoms with Gasteiger partial charge in [-0.05, 0) is 51.4 Å². The van der Waals surface area contributed by atoms with E-state index >= 15 is 0 Å². The van der Waals surface area contributed by atoms with Crippen LogP contribution in [0.5, 0.6) is 0 Å². The van der Waals surface area contributed by atoms with Crippen molar-refractivity contribution in [3.63, 3.8) is 0 Å². The van der Waals surface area contributed by atoms with E-state index in [1.54, 1.807) is 13.0 Å².